The van der Waals surface area contributed by atoms with Crippen LogP contribution in [0.5, 0.6) is 0 Å². The van der Waals surface area contributed by atoms with Crippen LogP contribution in [-0.4, -0.2) is 74.2 Å². The normalized spacial score (nSPS) is 12.0. The van der Waals surface area contributed by atoms with Gasteiger partial charge in [0.2, 0.25) is 11.8 Å². The van der Waals surface area contributed by atoms with Gasteiger partial charge >= 0.3 is 23.9 Å². The van der Waals surface area contributed by atoms with Gasteiger partial charge in [-0.15, -0.1) is 0 Å². The minimum Gasteiger partial charge on any atom is -0.466 e. The zero-order valence-corrected chi connectivity index (χ0v) is 19.6. The van der Waals surface area contributed by atoms with Crippen LogP contribution in [0.4, 0.5) is 0 Å². The van der Waals surface area contributed by atoms with Crippen LogP contribution in [0.2, 0.25) is 0 Å². The van der Waals surface area contributed by atoms with Crippen molar-refractivity contribution in [3.8, 4) is 0 Å². The van der Waals surface area contributed by atoms with E-state index < -0.39 is 54.2 Å². The number of ether oxygens (including phenoxy) is 4. The molecule has 0 aliphatic heterocycles. The van der Waals surface area contributed by atoms with Gasteiger partial charge in [0.15, 0.2) is 0 Å². The average molecular weight is 475 g/mol. The maximum atomic E-state index is 12.3. The fourth-order valence-electron chi connectivity index (χ4n) is 2.61. The summed E-state index contributed by atoms with van der Waals surface area (Å²) in [6.07, 6.45) is -1.12. The molecule has 0 rings (SSSR count). The van der Waals surface area contributed by atoms with Gasteiger partial charge in [0.05, 0.1) is 26.4 Å². The molecule has 0 saturated carbocycles. The van der Waals surface area contributed by atoms with Crippen LogP contribution >= 0.6 is 0 Å². The Morgan fingerprint density at radius 1 is 0.576 bits per heavy atom. The first kappa shape index (κ1) is 29.8. The predicted octanol–water partition coefficient (Wildman–Crippen LogP) is 0.159. The molecule has 0 bridgehead atoms. The van der Waals surface area contributed by atoms with E-state index in [2.05, 4.69) is 10.6 Å². The molecular weight excluding hydrogens is 440 g/mol. The van der Waals surface area contributed by atoms with Crippen molar-refractivity contribution in [3.63, 3.8) is 0 Å². The van der Waals surface area contributed by atoms with E-state index in [1.165, 1.54) is 0 Å². The zero-order valence-electron chi connectivity index (χ0n) is 19.6. The average Bonchev–Trinajstić information content (AvgIpc) is 2.74. The molecule has 0 aromatic rings. The van der Waals surface area contributed by atoms with Gasteiger partial charge in [-0.05, 0) is 40.5 Å². The smallest absolute Gasteiger partial charge is 0.328 e. The highest BCUT2D eigenvalue weighted by atomic mass is 16.5. The largest absolute Gasteiger partial charge is 0.466 e. The van der Waals surface area contributed by atoms with Crippen molar-refractivity contribution in [2.45, 2.75) is 71.9 Å². The Labute approximate surface area is 193 Å². The molecule has 0 heterocycles. The van der Waals surface area contributed by atoms with E-state index >= 15 is 0 Å². The fraction of sp³-hybridized carbons (Fsp3) is 0.714. The molecule has 0 saturated heterocycles. The molecule has 12 nitrogen and oxygen atoms in total. The maximum absolute atomic E-state index is 12.3. The molecule has 2 atom stereocenters. The Morgan fingerprint density at radius 3 is 1.21 bits per heavy atom. The van der Waals surface area contributed by atoms with Crippen molar-refractivity contribution in [2.75, 3.05) is 26.4 Å². The maximum Gasteiger partial charge on any atom is 0.328 e. The van der Waals surface area contributed by atoms with Crippen LogP contribution in [0.1, 0.15) is 59.8 Å². The van der Waals surface area contributed by atoms with E-state index in [-0.39, 0.29) is 52.1 Å². The van der Waals surface area contributed by atoms with Crippen LogP contribution in [0.15, 0.2) is 0 Å². The summed E-state index contributed by atoms with van der Waals surface area (Å²) in [7, 11) is 0. The number of amides is 2. The highest BCUT2D eigenvalue weighted by Crippen LogP contribution is 2.05. The first-order valence-electron chi connectivity index (χ1n) is 10.9. The Hall–Kier alpha value is -3.18. The molecule has 0 aromatic carbocycles. The van der Waals surface area contributed by atoms with Crippen LogP contribution in [-0.2, 0) is 47.7 Å². The fourth-order valence-corrected chi connectivity index (χ4v) is 2.61. The predicted molar refractivity (Wildman–Crippen MR) is 113 cm³/mol. The summed E-state index contributed by atoms with van der Waals surface area (Å²) in [4.78, 5) is 71.8. The van der Waals surface area contributed by atoms with E-state index in [4.69, 9.17) is 18.9 Å². The second-order valence-electron chi connectivity index (χ2n) is 6.61. The molecule has 0 aliphatic rings. The second kappa shape index (κ2) is 17.4. The summed E-state index contributed by atoms with van der Waals surface area (Å²) in [5.41, 5.74) is 0. The lowest BCUT2D eigenvalue weighted by Gasteiger charge is -2.19. The third-order valence-electron chi connectivity index (χ3n) is 4.02. The highest BCUT2D eigenvalue weighted by Gasteiger charge is 2.27. The van der Waals surface area contributed by atoms with E-state index in [0.29, 0.717) is 0 Å². The minimum absolute atomic E-state index is 0.0623. The van der Waals surface area contributed by atoms with Gasteiger partial charge in [0.1, 0.15) is 18.5 Å². The number of carbonyl (C=O) groups is 6. The third-order valence-corrected chi connectivity index (χ3v) is 4.02. The topological polar surface area (TPSA) is 163 Å². The molecule has 0 aromatic heterocycles. The van der Waals surface area contributed by atoms with Gasteiger partial charge in [-0.2, -0.15) is 0 Å². The van der Waals surface area contributed by atoms with Crippen molar-refractivity contribution in [1.29, 1.82) is 0 Å². The van der Waals surface area contributed by atoms with Crippen molar-refractivity contribution in [1.82, 2.24) is 10.6 Å². The van der Waals surface area contributed by atoms with Crippen LogP contribution in [0.3, 0.4) is 0 Å². The molecule has 12 heteroatoms. The van der Waals surface area contributed by atoms with Gasteiger partial charge in [-0.25, -0.2) is 9.59 Å². The molecule has 0 aliphatic carbocycles. The van der Waals surface area contributed by atoms with Gasteiger partial charge in [-0.1, -0.05) is 0 Å². The summed E-state index contributed by atoms with van der Waals surface area (Å²) in [5, 5.41) is 4.70. The molecular formula is C21H34N2O10. The lowest BCUT2D eigenvalue weighted by atomic mass is 10.1. The lowest BCUT2D eigenvalue weighted by molar-refractivity contribution is -0.149. The van der Waals surface area contributed by atoms with Gasteiger partial charge in [0, 0.05) is 12.8 Å². The number of carbonyl (C=O) groups excluding carboxylic acids is 6. The molecule has 0 radical (unpaired) electrons. The van der Waals surface area contributed by atoms with E-state index in [1.54, 1.807) is 27.7 Å². The van der Waals surface area contributed by atoms with E-state index in [0.717, 1.165) is 0 Å². The number of hydrogen-bond donors (Lipinski definition) is 2. The summed E-state index contributed by atoms with van der Waals surface area (Å²) in [5.74, 6) is -4.23. The molecule has 33 heavy (non-hydrogen) atoms. The zero-order chi connectivity index (χ0) is 25.2. The van der Waals surface area contributed by atoms with Gasteiger partial charge in [0.25, 0.3) is 0 Å². The minimum atomic E-state index is -1.15. The van der Waals surface area contributed by atoms with E-state index in [1.807, 2.05) is 0 Å². The van der Waals surface area contributed by atoms with Gasteiger partial charge in [-0.3, -0.25) is 19.2 Å². The van der Waals surface area contributed by atoms with E-state index in [9.17, 15) is 28.8 Å². The molecule has 2 N–H and O–H groups in total. The molecule has 188 valence electrons. The lowest BCUT2D eigenvalue weighted by Crippen LogP contribution is -2.46. The molecule has 0 spiro atoms. The van der Waals surface area contributed by atoms with Crippen molar-refractivity contribution >= 4 is 35.7 Å². The third kappa shape index (κ3) is 13.8. The molecule has 0 unspecified atom stereocenters. The summed E-state index contributed by atoms with van der Waals surface area (Å²) >= 11 is 0. The quantitative estimate of drug-likeness (QED) is 0.179. The van der Waals surface area contributed by atoms with Crippen LogP contribution in [0.25, 0.3) is 0 Å². The number of esters is 4. The summed E-state index contributed by atoms with van der Waals surface area (Å²) in [6, 6.07) is -2.31. The molecule has 0 fully saturated rings. The SMILES string of the molecule is CCOC(=O)CC[C@H](NC(=O)CC(=O)N[C@H](CCC(=O)OCC)C(=O)OCC)C(=O)OCC. The second-order valence-corrected chi connectivity index (χ2v) is 6.61. The highest BCUT2D eigenvalue weighted by molar-refractivity contribution is 5.99. The summed E-state index contributed by atoms with van der Waals surface area (Å²) < 4.78 is 19.4. The van der Waals surface area contributed by atoms with Crippen LogP contribution < -0.4 is 10.6 Å². The Bertz CT molecular complexity index is 624. The standard InChI is InChI=1S/C21H34N2O10/c1-5-30-18(26)11-9-14(20(28)32-7-3)22-16(24)13-17(25)23-15(21(29)33-8-4)10-12-19(27)31-6-2/h14-15H,5-13H2,1-4H3,(H,22,24)(H,23,25)/t14-,15+. The number of hydrogen-bond acceptors (Lipinski definition) is 10. The van der Waals surface area contributed by atoms with Crippen molar-refractivity contribution in [3.05, 3.63) is 0 Å². The molecule has 2 amide bonds. The first-order valence-corrected chi connectivity index (χ1v) is 10.9. The number of rotatable bonds is 16. The van der Waals surface area contributed by atoms with Crippen molar-refractivity contribution in [2.24, 2.45) is 0 Å². The Morgan fingerprint density at radius 2 is 0.909 bits per heavy atom. The van der Waals surface area contributed by atoms with Crippen LogP contribution in [0, 0.1) is 0 Å². The monoisotopic (exact) mass is 474 g/mol. The van der Waals surface area contributed by atoms with Crippen molar-refractivity contribution < 1.29 is 47.7 Å². The first-order chi connectivity index (χ1) is 15.7. The Kier molecular flexibility index (Phi) is 15.7. The summed E-state index contributed by atoms with van der Waals surface area (Å²) in [6.45, 7) is 6.91. The van der Waals surface area contributed by atoms with Gasteiger partial charge < -0.3 is 29.6 Å². The Balaban J connectivity index is 4.96. The number of nitrogens with one attached hydrogen (secondary N) is 2.